The summed E-state index contributed by atoms with van der Waals surface area (Å²) in [6.45, 7) is 6.28. The number of ketones is 1. The highest BCUT2D eigenvalue weighted by atomic mass is 32.1. The second kappa shape index (κ2) is 10.6. The summed E-state index contributed by atoms with van der Waals surface area (Å²) >= 11 is 1.22. The third-order valence-electron chi connectivity index (χ3n) is 6.49. The molecule has 0 radical (unpaired) electrons. The highest BCUT2D eigenvalue weighted by Gasteiger charge is 2.48. The minimum Gasteiger partial charge on any atom is -0.507 e. The normalized spacial score (nSPS) is 16.7. The Morgan fingerprint density at radius 3 is 2.34 bits per heavy atom. The van der Waals surface area contributed by atoms with E-state index in [1.807, 2.05) is 49.4 Å². The minimum atomic E-state index is -0.828. The van der Waals surface area contributed by atoms with Gasteiger partial charge in [0.15, 0.2) is 0 Å². The number of aromatic nitrogens is 2. The fourth-order valence-electron chi connectivity index (χ4n) is 4.50. The van der Waals surface area contributed by atoms with Gasteiger partial charge in [0.1, 0.15) is 23.1 Å². The van der Waals surface area contributed by atoms with Crippen molar-refractivity contribution >= 4 is 33.9 Å². The van der Waals surface area contributed by atoms with E-state index in [2.05, 4.69) is 23.2 Å². The van der Waals surface area contributed by atoms with Crippen LogP contribution < -0.4 is 9.64 Å². The third-order valence-corrected chi connectivity index (χ3v) is 7.32. The lowest BCUT2D eigenvalue weighted by atomic mass is 9.94. The van der Waals surface area contributed by atoms with Crippen LogP contribution >= 0.6 is 11.3 Å². The molecule has 3 aromatic carbocycles. The summed E-state index contributed by atoms with van der Waals surface area (Å²) in [6.07, 6.45) is 0.856. The molecule has 8 heteroatoms. The molecule has 1 fully saturated rings. The zero-order valence-electron chi connectivity index (χ0n) is 21.3. The van der Waals surface area contributed by atoms with E-state index < -0.39 is 17.7 Å². The van der Waals surface area contributed by atoms with Crippen LogP contribution in [-0.4, -0.2) is 27.0 Å². The molecular formula is C30H27N3O4S. The fraction of sp³-hybridized carbons (Fsp3) is 0.200. The molecular weight excluding hydrogens is 498 g/mol. The van der Waals surface area contributed by atoms with Crippen LogP contribution in [0.1, 0.15) is 45.8 Å². The number of hydrogen-bond acceptors (Lipinski definition) is 7. The van der Waals surface area contributed by atoms with Crippen molar-refractivity contribution < 1.29 is 19.4 Å². The van der Waals surface area contributed by atoms with Gasteiger partial charge in [0.05, 0.1) is 11.6 Å². The molecule has 1 aromatic heterocycles. The lowest BCUT2D eigenvalue weighted by Gasteiger charge is -2.22. The van der Waals surface area contributed by atoms with Gasteiger partial charge in [0, 0.05) is 5.56 Å². The Bertz CT molecular complexity index is 1520. The summed E-state index contributed by atoms with van der Waals surface area (Å²) in [5.74, 6) is -1.13. The molecule has 1 amide bonds. The summed E-state index contributed by atoms with van der Waals surface area (Å²) in [7, 11) is 0. The molecule has 192 valence electrons. The monoisotopic (exact) mass is 525 g/mol. The van der Waals surface area contributed by atoms with Crippen molar-refractivity contribution in [2.45, 2.75) is 39.8 Å². The van der Waals surface area contributed by atoms with E-state index >= 15 is 0 Å². The van der Waals surface area contributed by atoms with E-state index in [0.717, 1.165) is 23.1 Å². The van der Waals surface area contributed by atoms with Crippen molar-refractivity contribution in [1.29, 1.82) is 0 Å². The Hall–Kier alpha value is -4.30. The smallest absolute Gasteiger partial charge is 0.301 e. The maximum atomic E-state index is 13.3. The van der Waals surface area contributed by atoms with Crippen LogP contribution in [0.15, 0.2) is 78.4 Å². The number of hydrogen-bond donors (Lipinski definition) is 1. The molecule has 1 atom stereocenters. The Morgan fingerprint density at radius 2 is 1.71 bits per heavy atom. The average Bonchev–Trinajstić information content (AvgIpc) is 3.47. The molecule has 1 aliphatic rings. The first-order valence-electron chi connectivity index (χ1n) is 12.3. The van der Waals surface area contributed by atoms with Gasteiger partial charge in [-0.2, -0.15) is 0 Å². The fourth-order valence-corrected chi connectivity index (χ4v) is 5.21. The summed E-state index contributed by atoms with van der Waals surface area (Å²) in [6, 6.07) is 21.8. The SMILES string of the molecule is CCc1ccc(C2/C(=C(/O)c3ccc(OCc4cccc(C)c4)cc3)C(=O)C(=O)N2c2nnc(C)s2)cc1. The molecule has 0 bridgehead atoms. The number of aliphatic hydroxyl groups is 1. The second-order valence-electron chi connectivity index (χ2n) is 9.17. The van der Waals surface area contributed by atoms with E-state index in [1.54, 1.807) is 31.2 Å². The van der Waals surface area contributed by atoms with Crippen LogP contribution in [0.25, 0.3) is 5.76 Å². The lowest BCUT2D eigenvalue weighted by molar-refractivity contribution is -0.132. The summed E-state index contributed by atoms with van der Waals surface area (Å²) in [5.41, 5.74) is 4.46. The average molecular weight is 526 g/mol. The topological polar surface area (TPSA) is 92.6 Å². The van der Waals surface area contributed by atoms with E-state index in [-0.39, 0.29) is 11.3 Å². The Morgan fingerprint density at radius 1 is 0.974 bits per heavy atom. The molecule has 7 nitrogen and oxygen atoms in total. The van der Waals surface area contributed by atoms with Gasteiger partial charge in [-0.1, -0.05) is 72.4 Å². The molecule has 5 rings (SSSR count). The lowest BCUT2D eigenvalue weighted by Crippen LogP contribution is -2.29. The number of Topliss-reactive ketones (excluding diaryl/α,β-unsaturated/α-hetero) is 1. The van der Waals surface area contributed by atoms with Gasteiger partial charge in [0.25, 0.3) is 5.78 Å². The maximum absolute atomic E-state index is 13.3. The molecule has 2 heterocycles. The number of carbonyl (C=O) groups excluding carboxylic acids is 2. The van der Waals surface area contributed by atoms with Crippen molar-refractivity contribution in [2.24, 2.45) is 0 Å². The number of anilines is 1. The number of rotatable bonds is 7. The van der Waals surface area contributed by atoms with Gasteiger partial charge >= 0.3 is 5.91 Å². The number of aliphatic hydroxyl groups excluding tert-OH is 1. The van der Waals surface area contributed by atoms with Gasteiger partial charge in [-0.3, -0.25) is 14.5 Å². The van der Waals surface area contributed by atoms with Crippen LogP contribution in [0.3, 0.4) is 0 Å². The first-order valence-corrected chi connectivity index (χ1v) is 13.2. The predicted molar refractivity (Wildman–Crippen MR) is 147 cm³/mol. The highest BCUT2D eigenvalue weighted by molar-refractivity contribution is 7.15. The highest BCUT2D eigenvalue weighted by Crippen LogP contribution is 2.43. The van der Waals surface area contributed by atoms with Gasteiger partial charge in [0.2, 0.25) is 5.13 Å². The first-order chi connectivity index (χ1) is 18.4. The number of nitrogens with zero attached hydrogens (tertiary/aromatic N) is 3. The second-order valence-corrected chi connectivity index (χ2v) is 10.3. The Labute approximate surface area is 225 Å². The van der Waals surface area contributed by atoms with E-state index in [9.17, 15) is 14.7 Å². The summed E-state index contributed by atoms with van der Waals surface area (Å²) in [5, 5.41) is 20.5. The van der Waals surface area contributed by atoms with Crippen molar-refractivity contribution in [3.05, 3.63) is 111 Å². The molecule has 0 spiro atoms. The summed E-state index contributed by atoms with van der Waals surface area (Å²) < 4.78 is 5.89. The largest absolute Gasteiger partial charge is 0.507 e. The van der Waals surface area contributed by atoms with Crippen molar-refractivity contribution in [1.82, 2.24) is 10.2 Å². The molecule has 38 heavy (non-hydrogen) atoms. The zero-order valence-corrected chi connectivity index (χ0v) is 22.2. The van der Waals surface area contributed by atoms with Crippen molar-refractivity contribution in [2.75, 3.05) is 4.90 Å². The molecule has 0 saturated carbocycles. The number of ether oxygens (including phenoxy) is 1. The van der Waals surface area contributed by atoms with E-state index in [1.165, 1.54) is 16.2 Å². The van der Waals surface area contributed by atoms with Crippen LogP contribution in [0, 0.1) is 13.8 Å². The number of amides is 1. The maximum Gasteiger partial charge on any atom is 0.301 e. The number of aryl methyl sites for hydroxylation is 3. The van der Waals surface area contributed by atoms with Crippen LogP contribution in [0.5, 0.6) is 5.75 Å². The van der Waals surface area contributed by atoms with E-state index in [0.29, 0.717) is 33.6 Å². The Balaban J connectivity index is 1.50. The number of carbonyl (C=O) groups is 2. The standard InChI is InChI=1S/C30H27N3O4S/c1-4-20-8-10-22(11-9-20)26-25(28(35)29(36)33(26)30-32-31-19(3)38-30)27(34)23-12-14-24(15-13-23)37-17-21-7-5-6-18(2)16-21/h5-16,26,34H,4,17H2,1-3H3/b27-25-. The predicted octanol–water partition coefficient (Wildman–Crippen LogP) is 5.92. The Kier molecular flexibility index (Phi) is 7.07. The molecule has 4 aromatic rings. The third kappa shape index (κ3) is 4.95. The van der Waals surface area contributed by atoms with Crippen molar-refractivity contribution in [3.63, 3.8) is 0 Å². The van der Waals surface area contributed by atoms with Crippen LogP contribution in [-0.2, 0) is 22.6 Å². The molecule has 1 unspecified atom stereocenters. The van der Waals surface area contributed by atoms with Gasteiger partial charge in [-0.25, -0.2) is 0 Å². The van der Waals surface area contributed by atoms with E-state index in [4.69, 9.17) is 4.74 Å². The molecule has 1 aliphatic heterocycles. The molecule has 1 saturated heterocycles. The molecule has 1 N–H and O–H groups in total. The number of benzene rings is 3. The first kappa shape index (κ1) is 25.4. The summed E-state index contributed by atoms with van der Waals surface area (Å²) in [4.78, 5) is 27.8. The molecule has 0 aliphatic carbocycles. The zero-order chi connectivity index (χ0) is 26.8. The van der Waals surface area contributed by atoms with Gasteiger partial charge < -0.3 is 9.84 Å². The van der Waals surface area contributed by atoms with Gasteiger partial charge in [-0.05, 0) is 61.2 Å². The minimum absolute atomic E-state index is 0.0144. The van der Waals surface area contributed by atoms with Gasteiger partial charge in [-0.15, -0.1) is 10.2 Å². The van der Waals surface area contributed by atoms with Crippen molar-refractivity contribution in [3.8, 4) is 5.75 Å². The quantitative estimate of drug-likeness (QED) is 0.183. The van der Waals surface area contributed by atoms with Crippen LogP contribution in [0.4, 0.5) is 5.13 Å². The van der Waals surface area contributed by atoms with Crippen LogP contribution in [0.2, 0.25) is 0 Å².